The third kappa shape index (κ3) is 3.48. The molecule has 0 saturated carbocycles. The summed E-state index contributed by atoms with van der Waals surface area (Å²) in [7, 11) is 1.68. The molecule has 1 aromatic carbocycles. The molecule has 1 aromatic heterocycles. The average Bonchev–Trinajstić information content (AvgIpc) is 2.83. The molecule has 0 radical (unpaired) electrons. The molecule has 0 spiro atoms. The Bertz CT molecular complexity index is 498. The van der Waals surface area contributed by atoms with Crippen molar-refractivity contribution in [2.75, 3.05) is 19.0 Å². The molecule has 0 atom stereocenters. The van der Waals surface area contributed by atoms with E-state index in [1.165, 1.54) is 0 Å². The molecule has 2 aromatic rings. The van der Waals surface area contributed by atoms with E-state index in [0.717, 1.165) is 22.8 Å². The first-order valence-electron chi connectivity index (χ1n) is 5.78. The van der Waals surface area contributed by atoms with Crippen molar-refractivity contribution in [3.8, 4) is 0 Å². The Kier molecular flexibility index (Phi) is 4.61. The number of anilines is 1. The molecule has 2 rings (SSSR count). The van der Waals surface area contributed by atoms with E-state index in [-0.39, 0.29) is 0 Å². The highest BCUT2D eigenvalue weighted by Crippen LogP contribution is 2.16. The minimum absolute atomic E-state index is 0.658. The molecule has 0 aliphatic carbocycles. The molecule has 18 heavy (non-hydrogen) atoms. The van der Waals surface area contributed by atoms with E-state index < -0.39 is 0 Å². The lowest BCUT2D eigenvalue weighted by molar-refractivity contribution is 0.183. The predicted octanol–water partition coefficient (Wildman–Crippen LogP) is 2.80. The van der Waals surface area contributed by atoms with E-state index >= 15 is 0 Å². The molecule has 1 N–H and O–H groups in total. The minimum Gasteiger partial charge on any atom is -0.383 e. The van der Waals surface area contributed by atoms with Crippen LogP contribution in [0.3, 0.4) is 0 Å². The Morgan fingerprint density at radius 1 is 1.39 bits per heavy atom. The summed E-state index contributed by atoms with van der Waals surface area (Å²) in [5.41, 5.74) is 2.05. The van der Waals surface area contributed by atoms with Crippen LogP contribution in [0, 0.1) is 0 Å². The van der Waals surface area contributed by atoms with Gasteiger partial charge in [-0.15, -0.1) is 0 Å². The van der Waals surface area contributed by atoms with Crippen molar-refractivity contribution in [3.05, 3.63) is 47.2 Å². The summed E-state index contributed by atoms with van der Waals surface area (Å²) in [6.45, 7) is 2.10. The normalized spacial score (nSPS) is 10.6. The van der Waals surface area contributed by atoms with Crippen molar-refractivity contribution in [1.29, 1.82) is 0 Å². The number of methoxy groups -OCH3 is 1. The van der Waals surface area contributed by atoms with Crippen molar-refractivity contribution in [1.82, 2.24) is 9.78 Å². The highest BCUT2D eigenvalue weighted by molar-refractivity contribution is 6.31. The van der Waals surface area contributed by atoms with Crippen LogP contribution in [0.2, 0.25) is 5.02 Å². The predicted molar refractivity (Wildman–Crippen MR) is 72.9 cm³/mol. The van der Waals surface area contributed by atoms with Gasteiger partial charge in [-0.05, 0) is 11.6 Å². The quantitative estimate of drug-likeness (QED) is 0.873. The van der Waals surface area contributed by atoms with Crippen molar-refractivity contribution < 1.29 is 4.74 Å². The van der Waals surface area contributed by atoms with Gasteiger partial charge in [0.25, 0.3) is 0 Å². The first-order valence-corrected chi connectivity index (χ1v) is 6.16. The van der Waals surface area contributed by atoms with E-state index in [4.69, 9.17) is 16.3 Å². The largest absolute Gasteiger partial charge is 0.383 e. The average molecular weight is 266 g/mol. The standard InChI is InChI=1S/C13H16ClN3O/c1-18-7-6-17-10-12(9-16-17)15-8-11-4-2-3-5-13(11)14/h2-5,9-10,15H,6-8H2,1H3. The van der Waals surface area contributed by atoms with Crippen molar-refractivity contribution in [3.63, 3.8) is 0 Å². The minimum atomic E-state index is 0.658. The molecule has 0 saturated heterocycles. The van der Waals surface area contributed by atoms with Gasteiger partial charge in [-0.25, -0.2) is 0 Å². The first-order chi connectivity index (χ1) is 8.79. The van der Waals surface area contributed by atoms with Crippen LogP contribution in [0.1, 0.15) is 5.56 Å². The van der Waals surface area contributed by atoms with Crippen LogP contribution in [0.4, 0.5) is 5.69 Å². The monoisotopic (exact) mass is 265 g/mol. The van der Waals surface area contributed by atoms with Crippen LogP contribution >= 0.6 is 11.6 Å². The third-order valence-corrected chi connectivity index (χ3v) is 2.97. The third-order valence-electron chi connectivity index (χ3n) is 2.60. The van der Waals surface area contributed by atoms with Gasteiger partial charge in [-0.1, -0.05) is 29.8 Å². The number of halogens is 1. The molecule has 0 amide bonds. The zero-order chi connectivity index (χ0) is 12.8. The second kappa shape index (κ2) is 6.42. The van der Waals surface area contributed by atoms with Crippen LogP contribution in [-0.4, -0.2) is 23.5 Å². The molecule has 0 aliphatic heterocycles. The zero-order valence-electron chi connectivity index (χ0n) is 10.3. The van der Waals surface area contributed by atoms with Gasteiger partial charge in [0.2, 0.25) is 0 Å². The molecule has 0 unspecified atom stereocenters. The van der Waals surface area contributed by atoms with Gasteiger partial charge in [0, 0.05) is 24.9 Å². The second-order valence-corrected chi connectivity index (χ2v) is 4.34. The Morgan fingerprint density at radius 3 is 3.00 bits per heavy atom. The number of hydrogen-bond acceptors (Lipinski definition) is 3. The molecule has 96 valence electrons. The number of nitrogens with one attached hydrogen (secondary N) is 1. The van der Waals surface area contributed by atoms with Gasteiger partial charge in [0.1, 0.15) is 0 Å². The Hall–Kier alpha value is -1.52. The van der Waals surface area contributed by atoms with E-state index in [2.05, 4.69) is 10.4 Å². The van der Waals surface area contributed by atoms with E-state index in [0.29, 0.717) is 13.2 Å². The number of hydrogen-bond donors (Lipinski definition) is 1. The fourth-order valence-corrected chi connectivity index (χ4v) is 1.80. The Labute approximate surface area is 112 Å². The molecule has 0 aliphatic rings. The van der Waals surface area contributed by atoms with Crippen molar-refractivity contribution >= 4 is 17.3 Å². The second-order valence-electron chi connectivity index (χ2n) is 3.93. The molecule has 4 nitrogen and oxygen atoms in total. The summed E-state index contributed by atoms with van der Waals surface area (Å²) in [4.78, 5) is 0. The topological polar surface area (TPSA) is 39.1 Å². The molecular formula is C13H16ClN3O. The van der Waals surface area contributed by atoms with Gasteiger partial charge >= 0.3 is 0 Å². The van der Waals surface area contributed by atoms with Gasteiger partial charge in [0.05, 0.1) is 25.0 Å². The number of rotatable bonds is 6. The van der Waals surface area contributed by atoms with Crippen LogP contribution < -0.4 is 5.32 Å². The zero-order valence-corrected chi connectivity index (χ0v) is 11.0. The fourth-order valence-electron chi connectivity index (χ4n) is 1.60. The van der Waals surface area contributed by atoms with Crippen molar-refractivity contribution in [2.45, 2.75) is 13.1 Å². The van der Waals surface area contributed by atoms with E-state index in [1.807, 2.05) is 35.1 Å². The summed E-state index contributed by atoms with van der Waals surface area (Å²) < 4.78 is 6.85. The Balaban J connectivity index is 1.90. The molecule has 0 bridgehead atoms. The van der Waals surface area contributed by atoms with Crippen LogP contribution in [0.15, 0.2) is 36.7 Å². The number of benzene rings is 1. The number of ether oxygens (including phenoxy) is 1. The summed E-state index contributed by atoms with van der Waals surface area (Å²) in [6, 6.07) is 7.80. The lowest BCUT2D eigenvalue weighted by Gasteiger charge is -2.05. The maximum Gasteiger partial charge on any atom is 0.0729 e. The smallest absolute Gasteiger partial charge is 0.0729 e. The number of aromatic nitrogens is 2. The summed E-state index contributed by atoms with van der Waals surface area (Å²) in [5, 5.41) is 8.29. The molecule has 0 fully saturated rings. The molecule has 5 heteroatoms. The highest BCUT2D eigenvalue weighted by atomic mass is 35.5. The number of nitrogens with zero attached hydrogens (tertiary/aromatic N) is 2. The first kappa shape index (κ1) is 12.9. The maximum atomic E-state index is 6.09. The van der Waals surface area contributed by atoms with Gasteiger partial charge < -0.3 is 10.1 Å². The SMILES string of the molecule is COCCn1cc(NCc2ccccc2Cl)cn1. The molecule has 1 heterocycles. The molecular weight excluding hydrogens is 250 g/mol. The van der Waals surface area contributed by atoms with E-state index in [1.54, 1.807) is 13.3 Å². The van der Waals surface area contributed by atoms with Crippen LogP contribution in [-0.2, 0) is 17.8 Å². The van der Waals surface area contributed by atoms with Gasteiger partial charge in [0.15, 0.2) is 0 Å². The summed E-state index contributed by atoms with van der Waals surface area (Å²) in [6.07, 6.45) is 3.75. The fraction of sp³-hybridized carbons (Fsp3) is 0.308. The van der Waals surface area contributed by atoms with Gasteiger partial charge in [-0.2, -0.15) is 5.10 Å². The maximum absolute atomic E-state index is 6.09. The van der Waals surface area contributed by atoms with Gasteiger partial charge in [-0.3, -0.25) is 4.68 Å². The lowest BCUT2D eigenvalue weighted by atomic mass is 10.2. The summed E-state index contributed by atoms with van der Waals surface area (Å²) >= 11 is 6.09. The van der Waals surface area contributed by atoms with Crippen molar-refractivity contribution in [2.24, 2.45) is 0 Å². The highest BCUT2D eigenvalue weighted by Gasteiger charge is 2.01. The summed E-state index contributed by atoms with van der Waals surface area (Å²) in [5.74, 6) is 0. The Morgan fingerprint density at radius 2 is 2.22 bits per heavy atom. The van der Waals surface area contributed by atoms with Crippen LogP contribution in [0.25, 0.3) is 0 Å². The van der Waals surface area contributed by atoms with E-state index in [9.17, 15) is 0 Å². The lowest BCUT2D eigenvalue weighted by Crippen LogP contribution is -2.04. The van der Waals surface area contributed by atoms with Crippen LogP contribution in [0.5, 0.6) is 0 Å².